The number of aromatic nitrogens is 8. The number of H-pyrrole nitrogens is 2. The van der Waals surface area contributed by atoms with Gasteiger partial charge in [-0.1, -0.05) is 0 Å². The Morgan fingerprint density at radius 2 is 1.40 bits per heavy atom. The molecule has 1 unspecified atom stereocenters. The number of hydrogen-bond acceptors (Lipinski definition) is 17. The lowest BCUT2D eigenvalue weighted by atomic mass is 10.1. The summed E-state index contributed by atoms with van der Waals surface area (Å²) in [7, 11) is -5.06. The van der Waals surface area contributed by atoms with Crippen molar-refractivity contribution in [1.29, 1.82) is 0 Å². The van der Waals surface area contributed by atoms with Gasteiger partial charge < -0.3 is 46.3 Å². The van der Waals surface area contributed by atoms with E-state index in [1.54, 1.807) is 0 Å². The number of aliphatic hydroxyl groups excluding tert-OH is 4. The lowest BCUT2D eigenvalue weighted by Gasteiger charge is -2.23. The lowest BCUT2D eigenvalue weighted by molar-refractivity contribution is -0.0585. The third-order valence-electron chi connectivity index (χ3n) is 6.93. The average Bonchev–Trinajstić information content (AvgIpc) is 3.69. The monoisotopic (exact) mass is 628 g/mol. The number of aromatic amines is 2. The van der Waals surface area contributed by atoms with Crippen LogP contribution >= 0.6 is 7.82 Å². The number of nitrogen functional groups attached to an aromatic ring is 2. The molecule has 2 fully saturated rings. The highest BCUT2D eigenvalue weighted by molar-refractivity contribution is 7.47. The molecular weight excluding hydrogens is 603 g/mol. The van der Waals surface area contributed by atoms with Crippen molar-refractivity contribution in [3.8, 4) is 0 Å². The quantitative estimate of drug-likeness (QED) is 0.0835. The first-order valence-electron chi connectivity index (χ1n) is 12.4. The fourth-order valence-corrected chi connectivity index (χ4v) is 5.90. The van der Waals surface area contributed by atoms with Crippen LogP contribution in [-0.2, 0) is 23.1 Å². The Hall–Kier alpha value is -3.83. The van der Waals surface area contributed by atoms with Gasteiger partial charge >= 0.3 is 7.82 Å². The Morgan fingerprint density at radius 3 is 1.93 bits per heavy atom. The number of nitrogens with zero attached hydrogens (tertiary/aromatic N) is 6. The smallest absolute Gasteiger partial charge is 0.394 e. The van der Waals surface area contributed by atoms with Crippen molar-refractivity contribution in [2.45, 2.75) is 49.1 Å². The van der Waals surface area contributed by atoms with E-state index < -0.39 is 81.2 Å². The number of phosphoric ester groups is 1. The van der Waals surface area contributed by atoms with Crippen LogP contribution < -0.4 is 22.6 Å². The number of phosphoric acid groups is 1. The van der Waals surface area contributed by atoms with Crippen molar-refractivity contribution in [3.63, 3.8) is 0 Å². The molecule has 9 atom stereocenters. The Kier molecular flexibility index (Phi) is 7.29. The molecule has 22 nitrogen and oxygen atoms in total. The maximum absolute atomic E-state index is 12.9. The minimum Gasteiger partial charge on any atom is -0.394 e. The maximum Gasteiger partial charge on any atom is 0.472 e. The van der Waals surface area contributed by atoms with Crippen molar-refractivity contribution >= 4 is 42.0 Å². The van der Waals surface area contributed by atoms with E-state index in [1.165, 1.54) is 0 Å². The molecule has 0 aliphatic carbocycles. The second-order valence-electron chi connectivity index (χ2n) is 9.67. The fraction of sp³-hybridized carbons (Fsp3) is 0.500. The Bertz CT molecular complexity index is 1840. The average molecular weight is 628 g/mol. The van der Waals surface area contributed by atoms with Gasteiger partial charge in [-0.15, -0.1) is 0 Å². The fourth-order valence-electron chi connectivity index (χ4n) is 4.93. The minimum atomic E-state index is -5.06. The molecular formula is C20H25N10O12P. The van der Waals surface area contributed by atoms with Gasteiger partial charge in [-0.2, -0.15) is 9.97 Å². The normalized spacial score (nSPS) is 30.8. The number of hydrogen-bond donors (Lipinski definition) is 9. The molecule has 6 rings (SSSR count). The van der Waals surface area contributed by atoms with Crippen LogP contribution in [0.5, 0.6) is 0 Å². The summed E-state index contributed by atoms with van der Waals surface area (Å²) in [6.45, 7) is -1.56. The summed E-state index contributed by atoms with van der Waals surface area (Å²) in [5.41, 5.74) is 9.50. The summed E-state index contributed by atoms with van der Waals surface area (Å²) in [6.07, 6.45) is -9.81. The highest BCUT2D eigenvalue weighted by Gasteiger charge is 2.50. The molecule has 23 heteroatoms. The first-order chi connectivity index (χ1) is 20.4. The first kappa shape index (κ1) is 29.3. The predicted octanol–water partition coefficient (Wildman–Crippen LogP) is -4.21. The molecule has 0 amide bonds. The van der Waals surface area contributed by atoms with E-state index in [-0.39, 0.29) is 34.2 Å². The summed E-state index contributed by atoms with van der Waals surface area (Å²) in [4.78, 5) is 54.9. The van der Waals surface area contributed by atoms with Gasteiger partial charge in [0.05, 0.1) is 25.9 Å². The molecule has 0 bridgehead atoms. The van der Waals surface area contributed by atoms with Gasteiger partial charge in [0.2, 0.25) is 11.9 Å². The van der Waals surface area contributed by atoms with Crippen LogP contribution in [-0.4, -0.2) is 114 Å². The van der Waals surface area contributed by atoms with E-state index in [2.05, 4.69) is 29.9 Å². The summed E-state index contributed by atoms with van der Waals surface area (Å²) < 4.78 is 36.5. The zero-order chi connectivity index (χ0) is 30.8. The number of aliphatic hydroxyl groups is 4. The van der Waals surface area contributed by atoms with Gasteiger partial charge in [0.15, 0.2) is 34.8 Å². The van der Waals surface area contributed by atoms with Crippen molar-refractivity contribution in [2.75, 3.05) is 24.7 Å². The van der Waals surface area contributed by atoms with Gasteiger partial charge in [-0.05, 0) is 0 Å². The summed E-state index contributed by atoms with van der Waals surface area (Å²) in [6, 6.07) is 0. The highest BCUT2D eigenvalue weighted by Crippen LogP contribution is 2.49. The van der Waals surface area contributed by atoms with Crippen molar-refractivity contribution in [1.82, 2.24) is 39.0 Å². The van der Waals surface area contributed by atoms with Crippen LogP contribution in [0.1, 0.15) is 12.5 Å². The molecule has 6 heterocycles. The third-order valence-corrected chi connectivity index (χ3v) is 7.92. The van der Waals surface area contributed by atoms with E-state index in [0.29, 0.717) is 0 Å². The van der Waals surface area contributed by atoms with E-state index in [0.717, 1.165) is 21.8 Å². The number of nitrogens with two attached hydrogens (primary N) is 2. The Labute approximate surface area is 237 Å². The minimum absolute atomic E-state index is 0.0526. The van der Waals surface area contributed by atoms with E-state index in [4.69, 9.17) is 30.0 Å². The third kappa shape index (κ3) is 5.08. The molecule has 0 spiro atoms. The highest BCUT2D eigenvalue weighted by atomic mass is 31.2. The van der Waals surface area contributed by atoms with Gasteiger partial charge in [0, 0.05) is 0 Å². The van der Waals surface area contributed by atoms with Crippen LogP contribution in [0.3, 0.4) is 0 Å². The molecule has 11 N–H and O–H groups in total. The van der Waals surface area contributed by atoms with E-state index in [9.17, 15) is 39.5 Å². The number of anilines is 2. The topological polar surface area (TPSA) is 334 Å². The summed E-state index contributed by atoms with van der Waals surface area (Å²) >= 11 is 0. The van der Waals surface area contributed by atoms with E-state index in [1.807, 2.05) is 0 Å². The summed E-state index contributed by atoms with van der Waals surface area (Å²) in [5, 5.41) is 41.8. The Balaban J connectivity index is 1.15. The van der Waals surface area contributed by atoms with Crippen LogP contribution in [0.25, 0.3) is 22.3 Å². The van der Waals surface area contributed by atoms with Gasteiger partial charge in [0.1, 0.15) is 36.6 Å². The maximum atomic E-state index is 12.9. The molecule has 4 aromatic heterocycles. The van der Waals surface area contributed by atoms with Crippen molar-refractivity contribution in [2.24, 2.45) is 0 Å². The lowest BCUT2D eigenvalue weighted by Crippen LogP contribution is -2.36. The first-order valence-corrected chi connectivity index (χ1v) is 13.9. The second-order valence-corrected chi connectivity index (χ2v) is 11.1. The number of nitrogens with one attached hydrogen (secondary N) is 2. The van der Waals surface area contributed by atoms with Gasteiger partial charge in [-0.25, -0.2) is 14.5 Å². The molecule has 232 valence electrons. The van der Waals surface area contributed by atoms with E-state index >= 15 is 0 Å². The molecule has 0 radical (unpaired) electrons. The largest absolute Gasteiger partial charge is 0.472 e. The Morgan fingerprint density at radius 1 is 0.884 bits per heavy atom. The van der Waals surface area contributed by atoms with Crippen LogP contribution in [0.2, 0.25) is 0 Å². The van der Waals surface area contributed by atoms with Crippen molar-refractivity contribution < 1.29 is 48.4 Å². The molecule has 43 heavy (non-hydrogen) atoms. The number of imidazole rings is 2. The van der Waals surface area contributed by atoms with Crippen molar-refractivity contribution in [3.05, 3.63) is 33.4 Å². The number of fused-ring (bicyclic) bond motifs is 2. The zero-order valence-corrected chi connectivity index (χ0v) is 22.5. The molecule has 0 saturated carbocycles. The van der Waals surface area contributed by atoms with Gasteiger partial charge in [0.25, 0.3) is 11.1 Å². The standard InChI is InChI=1S/C20H25N10O12P/c21-19-25-13-7(15(35)27-19)23-3-29(13)17-10(33)9(32)6(41-17)2-39-43(37,38)42-12-5(1-31)40-18(11(12)34)30-4-24-8-14(30)26-20(22)28-16(8)36/h3-6,9-12,17-18,31-34H,1-2H2,(H,37,38)(H3,21,25,27,35)(H3,22,26,28,36)/t5-,6-,9-,10-,11-,12-,17-,18-/m1/s1. The SMILES string of the molecule is Nc1nc2c(ncn2[C@@H]2O[C@H](COP(=O)(O)O[C@H]3[C@@H](O)[C@H](n4cnc5c(=O)[nH]c(N)nc54)O[C@@H]3CO)[C@@H](O)[C@H]2O)c(=O)[nH]1. The molecule has 2 saturated heterocycles. The summed E-state index contributed by atoms with van der Waals surface area (Å²) in [5.74, 6) is -0.479. The molecule has 4 aromatic rings. The number of ether oxygens (including phenoxy) is 2. The molecule has 2 aliphatic rings. The van der Waals surface area contributed by atoms with Crippen LogP contribution in [0, 0.1) is 0 Å². The van der Waals surface area contributed by atoms with Crippen LogP contribution in [0.15, 0.2) is 22.2 Å². The second kappa shape index (κ2) is 10.7. The molecule has 2 aliphatic heterocycles. The zero-order valence-electron chi connectivity index (χ0n) is 21.6. The molecule has 0 aromatic carbocycles. The van der Waals surface area contributed by atoms with Gasteiger partial charge in [-0.3, -0.25) is 37.7 Å². The van der Waals surface area contributed by atoms with Crippen LogP contribution in [0.4, 0.5) is 11.9 Å². The number of rotatable bonds is 8. The predicted molar refractivity (Wildman–Crippen MR) is 139 cm³/mol.